The molecule has 2 aromatic carbocycles. The number of aromatic nitrogens is 3. The van der Waals surface area contributed by atoms with Crippen LogP contribution in [0.15, 0.2) is 71.4 Å². The van der Waals surface area contributed by atoms with E-state index in [1.165, 1.54) is 12.7 Å². The Morgan fingerprint density at radius 1 is 1.14 bits per heavy atom. The zero-order valence-electron chi connectivity index (χ0n) is 24.5. The molecule has 226 valence electrons. The Kier molecular flexibility index (Phi) is 8.08. The van der Waals surface area contributed by atoms with Crippen LogP contribution in [-0.4, -0.2) is 64.9 Å². The standard InChI is InChI=1S/C34H33ClN4O5/c1-41-34(40)24-6-8-29-30(19-24)39(20-25-12-17-42-25)31(36-29)21-38-14-9-22(10-15-38)28-3-2-4-32(37-28)43-16-11-23-5-7-27(35)26-13-18-44-33(23)26/h2-9,13,18-19,25H,10-12,14-17,20-21H2,1H3/t25-/m0/s1. The van der Waals surface area contributed by atoms with Crippen LogP contribution in [0.4, 0.5) is 0 Å². The maximum absolute atomic E-state index is 12.2. The molecule has 2 aliphatic heterocycles. The molecular formula is C34H33ClN4O5. The molecule has 5 aromatic rings. The van der Waals surface area contributed by atoms with Gasteiger partial charge in [0.05, 0.1) is 66.5 Å². The summed E-state index contributed by atoms with van der Waals surface area (Å²) in [5.74, 6) is 1.22. The summed E-state index contributed by atoms with van der Waals surface area (Å²) in [5.41, 5.74) is 6.32. The summed E-state index contributed by atoms with van der Waals surface area (Å²) in [5, 5.41) is 1.60. The predicted octanol–water partition coefficient (Wildman–Crippen LogP) is 6.32. The lowest BCUT2D eigenvalue weighted by atomic mass is 10.0. The zero-order chi connectivity index (χ0) is 30.0. The van der Waals surface area contributed by atoms with Crippen LogP contribution in [0.2, 0.25) is 5.02 Å². The molecule has 9 nitrogen and oxygen atoms in total. The molecule has 3 aromatic heterocycles. The van der Waals surface area contributed by atoms with E-state index >= 15 is 0 Å². The third-order valence-corrected chi connectivity index (χ3v) is 8.73. The molecule has 0 saturated carbocycles. The Morgan fingerprint density at radius 2 is 2.05 bits per heavy atom. The van der Waals surface area contributed by atoms with Crippen molar-refractivity contribution in [3.63, 3.8) is 0 Å². The highest BCUT2D eigenvalue weighted by Crippen LogP contribution is 2.29. The van der Waals surface area contributed by atoms with E-state index in [4.69, 9.17) is 40.2 Å². The normalized spacial score (nSPS) is 17.0. The van der Waals surface area contributed by atoms with Gasteiger partial charge in [-0.25, -0.2) is 14.8 Å². The van der Waals surface area contributed by atoms with Gasteiger partial charge in [0.2, 0.25) is 5.88 Å². The number of hydrogen-bond donors (Lipinski definition) is 0. The number of carbonyl (C=O) groups excluding carboxylic acids is 1. The minimum atomic E-state index is -0.352. The molecule has 5 heterocycles. The Morgan fingerprint density at radius 3 is 2.84 bits per heavy atom. The van der Waals surface area contributed by atoms with E-state index in [1.807, 2.05) is 48.5 Å². The van der Waals surface area contributed by atoms with Gasteiger partial charge in [-0.1, -0.05) is 29.8 Å². The average Bonchev–Trinajstić information content (AvgIpc) is 3.66. The van der Waals surface area contributed by atoms with Crippen LogP contribution >= 0.6 is 11.6 Å². The lowest BCUT2D eigenvalue weighted by molar-refractivity contribution is -0.0591. The highest BCUT2D eigenvalue weighted by molar-refractivity contribution is 6.35. The number of hydrogen-bond acceptors (Lipinski definition) is 8. The van der Waals surface area contributed by atoms with E-state index in [0.717, 1.165) is 71.6 Å². The number of furan rings is 1. The second kappa shape index (κ2) is 12.4. The van der Waals surface area contributed by atoms with Gasteiger partial charge in [-0.2, -0.15) is 0 Å². The van der Waals surface area contributed by atoms with Gasteiger partial charge in [-0.05, 0) is 60.4 Å². The minimum Gasteiger partial charge on any atom is -0.477 e. The SMILES string of the molecule is COC(=O)c1ccc2nc(CN3CC=C(c4cccc(OCCc5ccc(Cl)c6ccoc56)n4)CC3)n(C[C@@H]3CCO3)c2c1. The number of ether oxygens (including phenoxy) is 3. The van der Waals surface area contributed by atoms with Crippen LogP contribution in [0, 0.1) is 0 Å². The number of pyridine rings is 1. The lowest BCUT2D eigenvalue weighted by Gasteiger charge is -2.29. The summed E-state index contributed by atoms with van der Waals surface area (Å²) < 4.78 is 24.6. The van der Waals surface area contributed by atoms with Crippen LogP contribution in [0.1, 0.15) is 40.3 Å². The van der Waals surface area contributed by atoms with Crippen molar-refractivity contribution < 1.29 is 23.4 Å². The van der Waals surface area contributed by atoms with Gasteiger partial charge in [0, 0.05) is 37.6 Å². The van der Waals surface area contributed by atoms with E-state index in [2.05, 4.69) is 15.5 Å². The largest absolute Gasteiger partial charge is 0.477 e. The van der Waals surface area contributed by atoms with Gasteiger partial charge in [0.1, 0.15) is 11.4 Å². The topological polar surface area (TPSA) is 91.9 Å². The van der Waals surface area contributed by atoms with Crippen LogP contribution in [0.25, 0.3) is 27.6 Å². The second-order valence-electron chi connectivity index (χ2n) is 11.2. The highest BCUT2D eigenvalue weighted by atomic mass is 35.5. The molecule has 0 bridgehead atoms. The average molecular weight is 613 g/mol. The molecule has 44 heavy (non-hydrogen) atoms. The van der Waals surface area contributed by atoms with Crippen molar-refractivity contribution in [1.82, 2.24) is 19.4 Å². The van der Waals surface area contributed by atoms with Crippen molar-refractivity contribution in [3.8, 4) is 5.88 Å². The molecule has 0 spiro atoms. The molecular weight excluding hydrogens is 580 g/mol. The molecule has 0 amide bonds. The van der Waals surface area contributed by atoms with Crippen LogP contribution < -0.4 is 4.74 Å². The first-order valence-electron chi connectivity index (χ1n) is 14.9. The third kappa shape index (κ3) is 5.83. The molecule has 7 rings (SSSR count). The molecule has 10 heteroatoms. The summed E-state index contributed by atoms with van der Waals surface area (Å²) in [6.45, 7) is 4.35. The van der Waals surface area contributed by atoms with E-state index in [-0.39, 0.29) is 12.1 Å². The second-order valence-corrected chi connectivity index (χ2v) is 11.6. The van der Waals surface area contributed by atoms with E-state index in [1.54, 1.807) is 12.3 Å². The third-order valence-electron chi connectivity index (χ3n) is 8.41. The summed E-state index contributed by atoms with van der Waals surface area (Å²) in [6.07, 6.45) is 6.65. The summed E-state index contributed by atoms with van der Waals surface area (Å²) >= 11 is 6.28. The number of benzene rings is 2. The molecule has 1 atom stereocenters. The van der Waals surface area contributed by atoms with Gasteiger partial charge >= 0.3 is 5.97 Å². The number of fused-ring (bicyclic) bond motifs is 2. The number of halogens is 1. The molecule has 0 radical (unpaired) electrons. The van der Waals surface area contributed by atoms with Gasteiger partial charge < -0.3 is 23.2 Å². The number of esters is 1. The summed E-state index contributed by atoms with van der Waals surface area (Å²) in [4.78, 5) is 24.3. The predicted molar refractivity (Wildman–Crippen MR) is 168 cm³/mol. The van der Waals surface area contributed by atoms with Gasteiger partial charge in [-0.3, -0.25) is 4.90 Å². The smallest absolute Gasteiger partial charge is 0.337 e. The quantitative estimate of drug-likeness (QED) is 0.169. The fourth-order valence-corrected chi connectivity index (χ4v) is 6.09. The van der Waals surface area contributed by atoms with E-state index in [9.17, 15) is 4.79 Å². The summed E-state index contributed by atoms with van der Waals surface area (Å²) in [7, 11) is 1.40. The van der Waals surface area contributed by atoms with Gasteiger partial charge in [-0.15, -0.1) is 0 Å². The maximum Gasteiger partial charge on any atom is 0.337 e. The molecule has 1 saturated heterocycles. The lowest BCUT2D eigenvalue weighted by Crippen LogP contribution is -2.33. The summed E-state index contributed by atoms with van der Waals surface area (Å²) in [6, 6.07) is 17.2. The number of carbonyl (C=O) groups is 1. The Bertz CT molecular complexity index is 1860. The number of methoxy groups -OCH3 is 1. The van der Waals surface area contributed by atoms with E-state index in [0.29, 0.717) is 42.6 Å². The Labute approximate surface area is 260 Å². The Balaban J connectivity index is 1.02. The fourth-order valence-electron chi connectivity index (χ4n) is 5.88. The highest BCUT2D eigenvalue weighted by Gasteiger charge is 2.24. The Hall–Kier alpha value is -4.18. The molecule has 2 aliphatic rings. The van der Waals surface area contributed by atoms with Crippen LogP contribution in [-0.2, 0) is 29.0 Å². The van der Waals surface area contributed by atoms with Crippen LogP contribution in [0.5, 0.6) is 5.88 Å². The molecule has 0 aliphatic carbocycles. The van der Waals surface area contributed by atoms with Crippen molar-refractivity contribution >= 4 is 45.1 Å². The number of imidazole rings is 1. The van der Waals surface area contributed by atoms with Crippen molar-refractivity contribution in [2.45, 2.75) is 38.5 Å². The van der Waals surface area contributed by atoms with Crippen molar-refractivity contribution in [3.05, 3.63) is 94.6 Å². The van der Waals surface area contributed by atoms with E-state index < -0.39 is 0 Å². The van der Waals surface area contributed by atoms with Crippen molar-refractivity contribution in [2.24, 2.45) is 0 Å². The number of nitrogens with zero attached hydrogens (tertiary/aromatic N) is 4. The monoisotopic (exact) mass is 612 g/mol. The van der Waals surface area contributed by atoms with Crippen molar-refractivity contribution in [2.75, 3.05) is 33.4 Å². The van der Waals surface area contributed by atoms with Gasteiger partial charge in [0.15, 0.2) is 0 Å². The zero-order valence-corrected chi connectivity index (χ0v) is 25.3. The van der Waals surface area contributed by atoms with Gasteiger partial charge in [0.25, 0.3) is 0 Å². The van der Waals surface area contributed by atoms with Crippen LogP contribution in [0.3, 0.4) is 0 Å². The first-order chi connectivity index (χ1) is 21.6. The molecule has 1 fully saturated rings. The molecule has 0 unspecified atom stereocenters. The molecule has 0 N–H and O–H groups in total. The first-order valence-corrected chi connectivity index (χ1v) is 15.3. The minimum absolute atomic E-state index is 0.165. The number of rotatable bonds is 10. The fraction of sp³-hybridized carbons (Fsp3) is 0.324. The van der Waals surface area contributed by atoms with Crippen molar-refractivity contribution in [1.29, 1.82) is 0 Å². The first kappa shape index (κ1) is 28.6. The maximum atomic E-state index is 12.2.